The number of thiophene rings is 1. The highest BCUT2D eigenvalue weighted by Gasteiger charge is 2.36. The molecule has 0 fully saturated rings. The average molecular weight is 373 g/mol. The highest BCUT2D eigenvalue weighted by Crippen LogP contribution is 2.38. The monoisotopic (exact) mass is 373 g/mol. The van der Waals surface area contributed by atoms with E-state index in [2.05, 4.69) is 10.2 Å². The van der Waals surface area contributed by atoms with E-state index in [1.54, 1.807) is 17.5 Å². The second-order valence-corrected chi connectivity index (χ2v) is 8.90. The molecule has 8 heteroatoms. The Kier molecular flexibility index (Phi) is 3.73. The normalized spacial score (nSPS) is 16.8. The summed E-state index contributed by atoms with van der Waals surface area (Å²) in [6.07, 6.45) is 0.703. The molecule has 0 unspecified atom stereocenters. The molecular weight excluding hydrogens is 358 g/mol. The molecule has 2 aromatic heterocycles. The van der Waals surface area contributed by atoms with Gasteiger partial charge in [-0.1, -0.05) is 18.2 Å². The van der Waals surface area contributed by atoms with Crippen LogP contribution >= 0.6 is 11.3 Å². The molecule has 0 bridgehead atoms. The van der Waals surface area contributed by atoms with Crippen molar-refractivity contribution in [3.63, 3.8) is 0 Å². The number of fused-ring (bicyclic) bond motifs is 1. The molecule has 128 valence electrons. The summed E-state index contributed by atoms with van der Waals surface area (Å²) in [5.74, 6) is 0. The molecule has 1 aliphatic heterocycles. The molecule has 0 spiro atoms. The standard InChI is InChI=1S/C17H15N3O3S2/c1-11-8-12-4-2-3-5-15(12)20(11)25(22,23)17-9-13(10-24-17)14-6-7-16(21)19-18-14/h2-7,9-11H,8H2,1H3,(H,19,21)/t11-/m0/s1. The van der Waals surface area contributed by atoms with E-state index < -0.39 is 10.0 Å². The molecule has 1 N–H and O–H groups in total. The van der Waals surface area contributed by atoms with Crippen LogP contribution in [0.4, 0.5) is 5.69 Å². The van der Waals surface area contributed by atoms with Gasteiger partial charge in [-0.25, -0.2) is 13.5 Å². The largest absolute Gasteiger partial charge is 0.274 e. The van der Waals surface area contributed by atoms with Crippen molar-refractivity contribution >= 4 is 27.0 Å². The molecule has 1 aliphatic rings. The highest BCUT2D eigenvalue weighted by molar-refractivity contribution is 7.94. The van der Waals surface area contributed by atoms with E-state index in [4.69, 9.17) is 0 Å². The van der Waals surface area contributed by atoms with E-state index in [1.807, 2.05) is 31.2 Å². The lowest BCUT2D eigenvalue weighted by Crippen LogP contribution is -2.35. The zero-order valence-corrected chi connectivity index (χ0v) is 15.0. The SMILES string of the molecule is C[C@H]1Cc2ccccc2N1S(=O)(=O)c1cc(-c2ccc(=O)[nH]n2)cs1. The first-order chi connectivity index (χ1) is 12.0. The maximum absolute atomic E-state index is 13.2. The fourth-order valence-corrected chi connectivity index (χ4v) is 6.05. The topological polar surface area (TPSA) is 83.1 Å². The van der Waals surface area contributed by atoms with Gasteiger partial charge in [0, 0.05) is 23.1 Å². The predicted molar refractivity (Wildman–Crippen MR) is 97.4 cm³/mol. The first kappa shape index (κ1) is 16.0. The van der Waals surface area contributed by atoms with Crippen LogP contribution in [0, 0.1) is 0 Å². The van der Waals surface area contributed by atoms with Crippen molar-refractivity contribution in [1.29, 1.82) is 0 Å². The second kappa shape index (κ2) is 5.82. The first-order valence-corrected chi connectivity index (χ1v) is 10.1. The molecule has 0 amide bonds. The Balaban J connectivity index is 1.75. The second-order valence-electron chi connectivity index (χ2n) is 5.94. The van der Waals surface area contributed by atoms with E-state index in [0.29, 0.717) is 17.7 Å². The summed E-state index contributed by atoms with van der Waals surface area (Å²) in [6.45, 7) is 1.91. The van der Waals surface area contributed by atoms with E-state index in [0.717, 1.165) is 22.6 Å². The summed E-state index contributed by atoms with van der Waals surface area (Å²) in [6, 6.07) is 12.0. The maximum atomic E-state index is 13.2. The molecule has 3 aromatic rings. The number of benzene rings is 1. The molecule has 1 aromatic carbocycles. The van der Waals surface area contributed by atoms with Crippen molar-refractivity contribution in [3.05, 3.63) is 63.8 Å². The number of H-pyrrole nitrogens is 1. The van der Waals surface area contributed by atoms with Gasteiger partial charge in [0.2, 0.25) is 0 Å². The van der Waals surface area contributed by atoms with Gasteiger partial charge in [-0.15, -0.1) is 11.3 Å². The molecule has 6 nitrogen and oxygen atoms in total. The van der Waals surface area contributed by atoms with E-state index in [-0.39, 0.29) is 15.8 Å². The van der Waals surface area contributed by atoms with Crippen molar-refractivity contribution in [2.45, 2.75) is 23.6 Å². The third kappa shape index (κ3) is 2.67. The van der Waals surface area contributed by atoms with Gasteiger partial charge < -0.3 is 0 Å². The van der Waals surface area contributed by atoms with E-state index >= 15 is 0 Å². The number of anilines is 1. The van der Waals surface area contributed by atoms with Crippen LogP contribution < -0.4 is 9.86 Å². The Bertz CT molecular complexity index is 1080. The van der Waals surface area contributed by atoms with Gasteiger partial charge >= 0.3 is 0 Å². The minimum absolute atomic E-state index is 0.126. The quantitative estimate of drug-likeness (QED) is 0.765. The smallest absolute Gasteiger partial charge is 0.268 e. The number of rotatable bonds is 3. The number of sulfonamides is 1. The van der Waals surface area contributed by atoms with Crippen molar-refractivity contribution < 1.29 is 8.42 Å². The number of hydrogen-bond acceptors (Lipinski definition) is 5. The Morgan fingerprint density at radius 3 is 2.80 bits per heavy atom. The van der Waals surface area contributed by atoms with Crippen LogP contribution in [0.15, 0.2) is 56.8 Å². The van der Waals surface area contributed by atoms with Gasteiger partial charge in [-0.2, -0.15) is 5.10 Å². The van der Waals surface area contributed by atoms with Gasteiger partial charge in [-0.3, -0.25) is 9.10 Å². The number of aromatic amines is 1. The van der Waals surface area contributed by atoms with Crippen molar-refractivity contribution in [1.82, 2.24) is 10.2 Å². The minimum Gasteiger partial charge on any atom is -0.268 e. The Morgan fingerprint density at radius 1 is 1.24 bits per heavy atom. The van der Waals surface area contributed by atoms with Gasteiger partial charge in [0.25, 0.3) is 15.6 Å². The summed E-state index contributed by atoms with van der Waals surface area (Å²) in [5.41, 5.74) is 2.69. The van der Waals surface area contributed by atoms with Crippen molar-refractivity contribution in [3.8, 4) is 11.3 Å². The van der Waals surface area contributed by atoms with Crippen LogP contribution in [0.3, 0.4) is 0 Å². The molecule has 25 heavy (non-hydrogen) atoms. The lowest BCUT2D eigenvalue weighted by atomic mass is 10.1. The van der Waals surface area contributed by atoms with Gasteiger partial charge in [0.1, 0.15) is 4.21 Å². The minimum atomic E-state index is -3.64. The Labute approximate surface area is 148 Å². The van der Waals surface area contributed by atoms with E-state index in [1.165, 1.54) is 10.4 Å². The number of nitrogens with zero attached hydrogens (tertiary/aromatic N) is 2. The highest BCUT2D eigenvalue weighted by atomic mass is 32.2. The molecular formula is C17H15N3O3S2. The molecule has 0 radical (unpaired) electrons. The molecule has 0 saturated heterocycles. The third-order valence-electron chi connectivity index (χ3n) is 4.21. The van der Waals surface area contributed by atoms with Crippen LogP contribution in [-0.2, 0) is 16.4 Å². The van der Waals surface area contributed by atoms with Gasteiger partial charge in [0.05, 0.1) is 11.4 Å². The Morgan fingerprint density at radius 2 is 2.04 bits per heavy atom. The third-order valence-corrected chi connectivity index (χ3v) is 7.55. The zero-order valence-electron chi connectivity index (χ0n) is 13.3. The lowest BCUT2D eigenvalue weighted by Gasteiger charge is -2.23. The summed E-state index contributed by atoms with van der Waals surface area (Å²) in [7, 11) is -3.64. The van der Waals surface area contributed by atoms with Gasteiger partial charge in [-0.05, 0) is 37.1 Å². The number of hydrogen-bond donors (Lipinski definition) is 1. The molecule has 0 saturated carbocycles. The fourth-order valence-electron chi connectivity index (χ4n) is 3.09. The summed E-state index contributed by atoms with van der Waals surface area (Å²) in [5, 5.41) is 8.05. The maximum Gasteiger partial charge on any atom is 0.274 e. The zero-order chi connectivity index (χ0) is 17.6. The fraction of sp³-hybridized carbons (Fsp3) is 0.176. The molecule has 3 heterocycles. The van der Waals surface area contributed by atoms with Crippen molar-refractivity contribution in [2.75, 3.05) is 4.31 Å². The van der Waals surface area contributed by atoms with Crippen LogP contribution in [0.1, 0.15) is 12.5 Å². The average Bonchev–Trinajstić information content (AvgIpc) is 3.19. The summed E-state index contributed by atoms with van der Waals surface area (Å²) >= 11 is 1.16. The molecule has 1 atom stereocenters. The van der Waals surface area contributed by atoms with E-state index in [9.17, 15) is 13.2 Å². The van der Waals surface area contributed by atoms with Crippen LogP contribution in [0.25, 0.3) is 11.3 Å². The summed E-state index contributed by atoms with van der Waals surface area (Å²) < 4.78 is 28.1. The first-order valence-electron chi connectivity index (χ1n) is 7.74. The number of aromatic nitrogens is 2. The van der Waals surface area contributed by atoms with Crippen LogP contribution in [0.2, 0.25) is 0 Å². The molecule has 4 rings (SSSR count). The predicted octanol–water partition coefficient (Wildman–Crippen LogP) is 2.64. The number of para-hydroxylation sites is 1. The molecule has 0 aliphatic carbocycles. The van der Waals surface area contributed by atoms with Crippen LogP contribution in [0.5, 0.6) is 0 Å². The van der Waals surface area contributed by atoms with Gasteiger partial charge in [0.15, 0.2) is 0 Å². The number of nitrogens with one attached hydrogen (secondary N) is 1. The van der Waals surface area contributed by atoms with Crippen molar-refractivity contribution in [2.24, 2.45) is 0 Å². The lowest BCUT2D eigenvalue weighted by molar-refractivity contribution is 0.586. The van der Waals surface area contributed by atoms with Crippen LogP contribution in [-0.4, -0.2) is 24.7 Å². The Hall–Kier alpha value is -2.45. The summed E-state index contributed by atoms with van der Waals surface area (Å²) in [4.78, 5) is 11.1.